The third kappa shape index (κ3) is 7.97. The summed E-state index contributed by atoms with van der Waals surface area (Å²) in [6, 6.07) is 0. The van der Waals surface area contributed by atoms with Gasteiger partial charge in [-0.2, -0.15) is 0 Å². The van der Waals surface area contributed by atoms with Crippen LogP contribution in [0.15, 0.2) is 12.7 Å². The fraction of sp³-hybridized carbons (Fsp3) is 0.571. The molecule has 0 saturated carbocycles. The van der Waals surface area contributed by atoms with Gasteiger partial charge in [0.15, 0.2) is 0 Å². The zero-order chi connectivity index (χ0) is 9.23. The number of esters is 1. The molecule has 5 heteroatoms. The molecule has 0 aliphatic heterocycles. The molecule has 0 rings (SSSR count). The van der Waals surface area contributed by atoms with E-state index in [1.807, 2.05) is 0 Å². The van der Waals surface area contributed by atoms with Crippen LogP contribution in [0.25, 0.3) is 0 Å². The summed E-state index contributed by atoms with van der Waals surface area (Å²) in [6.07, 6.45) is 1.14. The summed E-state index contributed by atoms with van der Waals surface area (Å²) in [6.45, 7) is 3.85. The number of aliphatic hydroxyl groups excluding tert-OH is 1. The number of aliphatic hydroxyl groups is 1. The molecule has 0 spiro atoms. The van der Waals surface area contributed by atoms with E-state index in [4.69, 9.17) is 9.84 Å². The van der Waals surface area contributed by atoms with Gasteiger partial charge >= 0.3 is 5.97 Å². The van der Waals surface area contributed by atoms with E-state index in [2.05, 4.69) is 6.58 Å². The summed E-state index contributed by atoms with van der Waals surface area (Å²) in [4.78, 5) is 10.5. The molecule has 0 aromatic carbocycles. The van der Waals surface area contributed by atoms with Crippen molar-refractivity contribution in [2.45, 2.75) is 0 Å². The average molecular weight is 208 g/mol. The van der Waals surface area contributed by atoms with Gasteiger partial charge in [0.25, 0.3) is 0 Å². The zero-order valence-electron chi connectivity index (χ0n) is 6.69. The normalized spacial score (nSPS) is 9.42. The Morgan fingerprint density at radius 3 is 2.75 bits per heavy atom. The molecule has 0 aromatic rings. The Labute approximate surface area is 80.0 Å². The lowest BCUT2D eigenvalue weighted by molar-refractivity contribution is -0.137. The molecule has 0 aromatic heterocycles. The molecule has 0 bridgehead atoms. The number of carbonyl (C=O) groups excluding carboxylic acids is 1. The van der Waals surface area contributed by atoms with Gasteiger partial charge in [0.1, 0.15) is 6.61 Å². The van der Waals surface area contributed by atoms with E-state index < -0.39 is 0 Å². The molecule has 0 saturated heterocycles. The maximum absolute atomic E-state index is 10.5. The highest BCUT2D eigenvalue weighted by atomic mass is 33.1. The number of hydrogen-bond acceptors (Lipinski definition) is 5. The SMILES string of the molecule is C=CC(=O)OCCSSCCO. The summed E-state index contributed by atoms with van der Waals surface area (Å²) in [5.41, 5.74) is 0. The second-order valence-electron chi connectivity index (χ2n) is 1.74. The Hall–Kier alpha value is -0.130. The highest BCUT2D eigenvalue weighted by molar-refractivity contribution is 8.76. The fourth-order valence-electron chi connectivity index (χ4n) is 0.390. The molecule has 0 unspecified atom stereocenters. The zero-order valence-corrected chi connectivity index (χ0v) is 8.33. The van der Waals surface area contributed by atoms with E-state index in [1.165, 1.54) is 0 Å². The lowest BCUT2D eigenvalue weighted by Crippen LogP contribution is -2.03. The fourth-order valence-corrected chi connectivity index (χ4v) is 1.99. The summed E-state index contributed by atoms with van der Waals surface area (Å²) in [5, 5.41) is 8.42. The van der Waals surface area contributed by atoms with Crippen molar-refractivity contribution in [3.8, 4) is 0 Å². The minimum atomic E-state index is -0.386. The molecule has 12 heavy (non-hydrogen) atoms. The second-order valence-corrected chi connectivity index (χ2v) is 4.44. The predicted molar refractivity (Wildman–Crippen MR) is 53.2 cm³/mol. The molecule has 0 amide bonds. The largest absolute Gasteiger partial charge is 0.462 e. The van der Waals surface area contributed by atoms with Gasteiger partial charge in [-0.05, 0) is 0 Å². The average Bonchev–Trinajstić information content (AvgIpc) is 2.10. The highest BCUT2D eigenvalue weighted by Crippen LogP contribution is 2.19. The molecule has 0 radical (unpaired) electrons. The van der Waals surface area contributed by atoms with E-state index >= 15 is 0 Å². The van der Waals surface area contributed by atoms with Gasteiger partial charge in [-0.25, -0.2) is 4.79 Å². The van der Waals surface area contributed by atoms with Crippen LogP contribution in [0.1, 0.15) is 0 Å². The van der Waals surface area contributed by atoms with Gasteiger partial charge in [0, 0.05) is 17.6 Å². The van der Waals surface area contributed by atoms with Crippen LogP contribution < -0.4 is 0 Å². The summed E-state index contributed by atoms with van der Waals surface area (Å²) < 4.78 is 4.72. The van der Waals surface area contributed by atoms with Crippen molar-refractivity contribution in [1.82, 2.24) is 0 Å². The topological polar surface area (TPSA) is 46.5 Å². The number of hydrogen-bond donors (Lipinski definition) is 1. The van der Waals surface area contributed by atoms with Crippen LogP contribution in [-0.4, -0.2) is 35.8 Å². The Balaban J connectivity index is 3.00. The first kappa shape index (κ1) is 11.9. The molecule has 0 heterocycles. The Bertz CT molecular complexity index is 139. The van der Waals surface area contributed by atoms with E-state index in [0.29, 0.717) is 12.4 Å². The maximum Gasteiger partial charge on any atom is 0.330 e. The standard InChI is InChI=1S/C7H12O3S2/c1-2-7(9)10-4-6-12-11-5-3-8/h2,8H,1,3-6H2. The molecule has 1 N–H and O–H groups in total. The van der Waals surface area contributed by atoms with Crippen molar-refractivity contribution in [3.05, 3.63) is 12.7 Å². The van der Waals surface area contributed by atoms with Crippen molar-refractivity contribution in [3.63, 3.8) is 0 Å². The van der Waals surface area contributed by atoms with Crippen LogP contribution in [0, 0.1) is 0 Å². The van der Waals surface area contributed by atoms with E-state index in [0.717, 1.165) is 11.8 Å². The Kier molecular flexibility index (Phi) is 8.86. The minimum Gasteiger partial charge on any atom is -0.462 e. The van der Waals surface area contributed by atoms with Crippen molar-refractivity contribution >= 4 is 27.6 Å². The van der Waals surface area contributed by atoms with Gasteiger partial charge in [-0.3, -0.25) is 0 Å². The molecular formula is C7H12O3S2. The van der Waals surface area contributed by atoms with E-state index in [-0.39, 0.29) is 12.6 Å². The Morgan fingerprint density at radius 2 is 2.17 bits per heavy atom. The Morgan fingerprint density at radius 1 is 1.50 bits per heavy atom. The van der Waals surface area contributed by atoms with Crippen molar-refractivity contribution in [2.24, 2.45) is 0 Å². The van der Waals surface area contributed by atoms with Crippen LogP contribution in [0.4, 0.5) is 0 Å². The van der Waals surface area contributed by atoms with Crippen molar-refractivity contribution in [1.29, 1.82) is 0 Å². The molecule has 0 atom stereocenters. The lowest BCUT2D eigenvalue weighted by Gasteiger charge is -2.00. The third-order valence-corrected chi connectivity index (χ3v) is 3.18. The minimum absolute atomic E-state index is 0.185. The van der Waals surface area contributed by atoms with Gasteiger partial charge in [-0.15, -0.1) is 0 Å². The molecule has 0 aliphatic rings. The lowest BCUT2D eigenvalue weighted by atomic mass is 10.6. The van der Waals surface area contributed by atoms with Crippen LogP contribution in [-0.2, 0) is 9.53 Å². The van der Waals surface area contributed by atoms with Crippen LogP contribution in [0.3, 0.4) is 0 Å². The predicted octanol–water partition coefficient (Wildman–Crippen LogP) is 1.09. The van der Waals surface area contributed by atoms with Crippen LogP contribution in [0.5, 0.6) is 0 Å². The van der Waals surface area contributed by atoms with Gasteiger partial charge < -0.3 is 9.84 Å². The van der Waals surface area contributed by atoms with Gasteiger partial charge in [0.05, 0.1) is 6.61 Å². The van der Waals surface area contributed by atoms with Crippen LogP contribution >= 0.6 is 21.6 Å². The first-order valence-electron chi connectivity index (χ1n) is 3.45. The second kappa shape index (κ2) is 8.96. The number of carbonyl (C=O) groups is 1. The summed E-state index contributed by atoms with van der Waals surface area (Å²) in [7, 11) is 3.14. The number of rotatable bonds is 7. The van der Waals surface area contributed by atoms with E-state index in [1.54, 1.807) is 21.6 Å². The molecule has 70 valence electrons. The van der Waals surface area contributed by atoms with Crippen molar-refractivity contribution < 1.29 is 14.6 Å². The molecule has 0 aliphatic carbocycles. The summed E-state index contributed by atoms with van der Waals surface area (Å²) >= 11 is 0. The maximum atomic E-state index is 10.5. The highest BCUT2D eigenvalue weighted by Gasteiger charge is 1.94. The number of ether oxygens (including phenoxy) is 1. The first-order chi connectivity index (χ1) is 5.81. The van der Waals surface area contributed by atoms with Gasteiger partial charge in [0.2, 0.25) is 0 Å². The molecule has 0 fully saturated rings. The van der Waals surface area contributed by atoms with Crippen molar-refractivity contribution in [2.75, 3.05) is 24.7 Å². The first-order valence-corrected chi connectivity index (χ1v) is 5.94. The molecule has 3 nitrogen and oxygen atoms in total. The quantitative estimate of drug-likeness (QED) is 0.294. The molecular weight excluding hydrogens is 196 g/mol. The van der Waals surface area contributed by atoms with Gasteiger partial charge in [-0.1, -0.05) is 28.2 Å². The monoisotopic (exact) mass is 208 g/mol. The summed E-state index contributed by atoms with van der Waals surface area (Å²) in [5.74, 6) is 1.06. The van der Waals surface area contributed by atoms with E-state index in [9.17, 15) is 4.79 Å². The third-order valence-electron chi connectivity index (χ3n) is 0.836. The smallest absolute Gasteiger partial charge is 0.330 e. The van der Waals surface area contributed by atoms with Crippen LogP contribution in [0.2, 0.25) is 0 Å².